The largest absolute Gasteiger partial charge is 0.477 e. The summed E-state index contributed by atoms with van der Waals surface area (Å²) in [6, 6.07) is 0. The normalized spacial score (nSPS) is 19.8. The standard InChI is InChI=1S/C26H44O5/c1-4-7-8-9-10-12-15-22-17-18-24(27)23(22)16-13-11-14-19-26(25(28)29,30-20-5-2)31-21-6-3/h11-13,15,22-23H,4-10,14,16-21H2,1-3H3,(H,28,29)/b13-11-,15-12+/t22-,23+/m0/s1. The van der Waals surface area contributed by atoms with Crippen LogP contribution in [0.25, 0.3) is 0 Å². The van der Waals surface area contributed by atoms with Gasteiger partial charge in [-0.25, -0.2) is 4.79 Å². The Labute approximate surface area is 189 Å². The van der Waals surface area contributed by atoms with E-state index in [0.717, 1.165) is 32.1 Å². The molecule has 31 heavy (non-hydrogen) atoms. The molecule has 1 fully saturated rings. The van der Waals surface area contributed by atoms with Crippen LogP contribution < -0.4 is 0 Å². The SMILES string of the molecule is CCCCCC/C=C/[C@H]1CCC(=O)[C@@H]1C/C=C\CCC(OCCC)(OCCC)C(=O)O. The number of hydrogen-bond acceptors (Lipinski definition) is 4. The van der Waals surface area contributed by atoms with Crippen LogP contribution in [0.2, 0.25) is 0 Å². The number of unbranched alkanes of at least 4 members (excludes halogenated alkanes) is 4. The number of rotatable bonds is 18. The van der Waals surface area contributed by atoms with Crippen LogP contribution in [0.5, 0.6) is 0 Å². The second kappa shape index (κ2) is 16.2. The average Bonchev–Trinajstić information content (AvgIpc) is 3.11. The number of Topliss-reactive ketones (excluding diaryl/α,β-unsaturated/α-hetero) is 1. The van der Waals surface area contributed by atoms with E-state index in [4.69, 9.17) is 9.47 Å². The van der Waals surface area contributed by atoms with Gasteiger partial charge in [-0.1, -0.05) is 64.3 Å². The molecular formula is C26H44O5. The Morgan fingerprint density at radius 3 is 2.32 bits per heavy atom. The van der Waals surface area contributed by atoms with Gasteiger partial charge in [-0.15, -0.1) is 0 Å². The van der Waals surface area contributed by atoms with E-state index in [1.807, 2.05) is 26.0 Å². The summed E-state index contributed by atoms with van der Waals surface area (Å²) in [6.45, 7) is 6.81. The average molecular weight is 437 g/mol. The Morgan fingerprint density at radius 1 is 1.00 bits per heavy atom. The fourth-order valence-electron chi connectivity index (χ4n) is 4.02. The Bertz CT molecular complexity index is 558. The van der Waals surface area contributed by atoms with Crippen molar-refractivity contribution >= 4 is 11.8 Å². The third-order valence-electron chi connectivity index (χ3n) is 5.86. The highest BCUT2D eigenvalue weighted by Gasteiger charge is 2.40. The van der Waals surface area contributed by atoms with Gasteiger partial charge in [-0.3, -0.25) is 4.79 Å². The molecule has 5 heteroatoms. The number of allylic oxidation sites excluding steroid dienone is 4. The number of aliphatic carboxylic acids is 1. The second-order valence-corrected chi connectivity index (χ2v) is 8.55. The molecular weight excluding hydrogens is 392 g/mol. The van der Waals surface area contributed by atoms with Crippen LogP contribution in [0, 0.1) is 11.8 Å². The van der Waals surface area contributed by atoms with Gasteiger partial charge < -0.3 is 14.6 Å². The van der Waals surface area contributed by atoms with E-state index < -0.39 is 11.8 Å². The number of ketones is 1. The highest BCUT2D eigenvalue weighted by Crippen LogP contribution is 2.33. The maximum absolute atomic E-state index is 12.3. The van der Waals surface area contributed by atoms with Crippen LogP contribution in [0.1, 0.15) is 97.8 Å². The Balaban J connectivity index is 2.54. The van der Waals surface area contributed by atoms with Crippen molar-refractivity contribution in [2.24, 2.45) is 11.8 Å². The molecule has 0 saturated heterocycles. The van der Waals surface area contributed by atoms with Crippen molar-refractivity contribution in [1.29, 1.82) is 0 Å². The maximum Gasteiger partial charge on any atom is 0.364 e. The van der Waals surface area contributed by atoms with E-state index in [1.54, 1.807) is 0 Å². The lowest BCUT2D eigenvalue weighted by atomic mass is 9.91. The minimum absolute atomic E-state index is 0.0556. The number of hydrogen-bond donors (Lipinski definition) is 1. The van der Waals surface area contributed by atoms with Crippen molar-refractivity contribution in [2.45, 2.75) is 104 Å². The number of ether oxygens (including phenoxy) is 2. The molecule has 1 aliphatic carbocycles. The van der Waals surface area contributed by atoms with Crippen molar-refractivity contribution < 1.29 is 24.2 Å². The highest BCUT2D eigenvalue weighted by atomic mass is 16.7. The van der Waals surface area contributed by atoms with Gasteiger partial charge in [0.1, 0.15) is 5.78 Å². The highest BCUT2D eigenvalue weighted by molar-refractivity contribution is 5.83. The molecule has 0 amide bonds. The molecule has 178 valence electrons. The fourth-order valence-corrected chi connectivity index (χ4v) is 4.02. The first-order valence-corrected chi connectivity index (χ1v) is 12.4. The Morgan fingerprint density at radius 2 is 1.71 bits per heavy atom. The second-order valence-electron chi connectivity index (χ2n) is 8.55. The van der Waals surface area contributed by atoms with Crippen LogP contribution in [0.4, 0.5) is 0 Å². The minimum atomic E-state index is -1.58. The summed E-state index contributed by atoms with van der Waals surface area (Å²) in [4.78, 5) is 24.2. The van der Waals surface area contributed by atoms with Crippen LogP contribution >= 0.6 is 0 Å². The molecule has 2 atom stereocenters. The van der Waals surface area contributed by atoms with Gasteiger partial charge >= 0.3 is 5.97 Å². The number of carbonyl (C=O) groups is 2. The van der Waals surface area contributed by atoms with E-state index in [0.29, 0.717) is 37.8 Å². The zero-order valence-electron chi connectivity index (χ0n) is 19.9. The lowest BCUT2D eigenvalue weighted by Gasteiger charge is -2.29. The molecule has 5 nitrogen and oxygen atoms in total. The van der Waals surface area contributed by atoms with Crippen molar-refractivity contribution in [1.82, 2.24) is 0 Å². The van der Waals surface area contributed by atoms with Crippen LogP contribution in [-0.2, 0) is 19.1 Å². The van der Waals surface area contributed by atoms with Crippen molar-refractivity contribution in [2.75, 3.05) is 13.2 Å². The van der Waals surface area contributed by atoms with Gasteiger partial charge in [0.05, 0.1) is 13.2 Å². The summed E-state index contributed by atoms with van der Waals surface area (Å²) in [5, 5.41) is 9.70. The quantitative estimate of drug-likeness (QED) is 0.151. The Hall–Kier alpha value is -1.46. The summed E-state index contributed by atoms with van der Waals surface area (Å²) >= 11 is 0. The minimum Gasteiger partial charge on any atom is -0.477 e. The molecule has 1 rings (SSSR count). The van der Waals surface area contributed by atoms with Gasteiger partial charge in [-0.2, -0.15) is 0 Å². The summed E-state index contributed by atoms with van der Waals surface area (Å²) in [5.41, 5.74) is 0. The van der Waals surface area contributed by atoms with E-state index in [9.17, 15) is 14.7 Å². The van der Waals surface area contributed by atoms with E-state index in [1.165, 1.54) is 25.7 Å². The number of carboxylic acid groups (broad SMARTS) is 1. The van der Waals surface area contributed by atoms with Crippen LogP contribution in [0.3, 0.4) is 0 Å². The molecule has 0 aliphatic heterocycles. The molecule has 1 saturated carbocycles. The molecule has 1 aliphatic rings. The third kappa shape index (κ3) is 10.1. The first-order chi connectivity index (χ1) is 15.0. The molecule has 0 unspecified atom stereocenters. The summed E-state index contributed by atoms with van der Waals surface area (Å²) < 4.78 is 11.2. The summed E-state index contributed by atoms with van der Waals surface area (Å²) in [5.74, 6) is -1.91. The molecule has 0 aromatic rings. The predicted octanol–water partition coefficient (Wildman–Crippen LogP) is 6.47. The van der Waals surface area contributed by atoms with Crippen molar-refractivity contribution in [3.05, 3.63) is 24.3 Å². The molecule has 0 aromatic carbocycles. The maximum atomic E-state index is 12.3. The smallest absolute Gasteiger partial charge is 0.364 e. The van der Waals surface area contributed by atoms with Gasteiger partial charge in [0, 0.05) is 18.8 Å². The van der Waals surface area contributed by atoms with Gasteiger partial charge in [0.2, 0.25) is 0 Å². The lowest BCUT2D eigenvalue weighted by molar-refractivity contribution is -0.247. The third-order valence-corrected chi connectivity index (χ3v) is 5.86. The molecule has 0 heterocycles. The van der Waals surface area contributed by atoms with Gasteiger partial charge in [0.15, 0.2) is 0 Å². The topological polar surface area (TPSA) is 72.8 Å². The summed E-state index contributed by atoms with van der Waals surface area (Å²) in [7, 11) is 0. The number of carbonyl (C=O) groups excluding carboxylic acids is 1. The van der Waals surface area contributed by atoms with Crippen LogP contribution in [-0.4, -0.2) is 35.9 Å². The fraction of sp³-hybridized carbons (Fsp3) is 0.769. The molecule has 0 radical (unpaired) electrons. The molecule has 0 spiro atoms. The molecule has 1 N–H and O–H groups in total. The monoisotopic (exact) mass is 436 g/mol. The van der Waals surface area contributed by atoms with E-state index in [-0.39, 0.29) is 12.3 Å². The number of carboxylic acids is 1. The van der Waals surface area contributed by atoms with Gasteiger partial charge in [0.25, 0.3) is 5.79 Å². The first-order valence-electron chi connectivity index (χ1n) is 12.4. The molecule has 0 bridgehead atoms. The lowest BCUT2D eigenvalue weighted by Crippen LogP contribution is -2.45. The predicted molar refractivity (Wildman–Crippen MR) is 125 cm³/mol. The van der Waals surface area contributed by atoms with Gasteiger partial charge in [-0.05, 0) is 50.9 Å². The zero-order valence-corrected chi connectivity index (χ0v) is 19.9. The Kier molecular flexibility index (Phi) is 14.4. The zero-order chi connectivity index (χ0) is 23.0. The van der Waals surface area contributed by atoms with Crippen molar-refractivity contribution in [3.63, 3.8) is 0 Å². The molecule has 0 aromatic heterocycles. The first kappa shape index (κ1) is 27.6. The van der Waals surface area contributed by atoms with E-state index >= 15 is 0 Å². The van der Waals surface area contributed by atoms with Crippen molar-refractivity contribution in [3.8, 4) is 0 Å². The summed E-state index contributed by atoms with van der Waals surface area (Å²) in [6.07, 6.45) is 19.2. The van der Waals surface area contributed by atoms with E-state index in [2.05, 4.69) is 19.1 Å². The van der Waals surface area contributed by atoms with Crippen LogP contribution in [0.15, 0.2) is 24.3 Å².